The highest BCUT2D eigenvalue weighted by atomic mass is 127. The molecular weight excluding hydrogens is 465 g/mol. The number of nitrogens with one attached hydrogen (secondary N) is 2. The van der Waals surface area contributed by atoms with Gasteiger partial charge < -0.3 is 15.5 Å². The molecule has 0 atom stereocenters. The van der Waals surface area contributed by atoms with E-state index in [-0.39, 0.29) is 35.3 Å². The molecule has 7 heteroatoms. The Morgan fingerprint density at radius 3 is 2.36 bits per heavy atom. The molecule has 0 bridgehead atoms. The van der Waals surface area contributed by atoms with Crippen molar-refractivity contribution in [1.82, 2.24) is 20.4 Å². The van der Waals surface area contributed by atoms with E-state index in [0.29, 0.717) is 12.6 Å². The number of nitrogens with zero attached hydrogens (tertiary/aromatic N) is 3. The van der Waals surface area contributed by atoms with Crippen molar-refractivity contribution in [2.45, 2.75) is 58.4 Å². The van der Waals surface area contributed by atoms with Crippen LogP contribution in [0.3, 0.4) is 0 Å². The second kappa shape index (κ2) is 12.0. The van der Waals surface area contributed by atoms with Gasteiger partial charge in [0.15, 0.2) is 5.96 Å². The molecule has 0 radical (unpaired) electrons. The number of amides is 1. The van der Waals surface area contributed by atoms with Gasteiger partial charge in [-0.3, -0.25) is 14.7 Å². The summed E-state index contributed by atoms with van der Waals surface area (Å²) in [5, 5.41) is 6.97. The quantitative estimate of drug-likeness (QED) is 0.242. The van der Waals surface area contributed by atoms with E-state index in [0.717, 1.165) is 70.7 Å². The molecule has 0 spiro atoms. The molecule has 0 unspecified atom stereocenters. The maximum absolute atomic E-state index is 12.8. The van der Waals surface area contributed by atoms with Crippen molar-refractivity contribution in [2.24, 2.45) is 10.4 Å². The molecule has 2 N–H and O–H groups in total. The van der Waals surface area contributed by atoms with E-state index >= 15 is 0 Å². The van der Waals surface area contributed by atoms with E-state index in [9.17, 15) is 4.79 Å². The molecule has 2 fully saturated rings. The first-order valence-corrected chi connectivity index (χ1v) is 10.5. The van der Waals surface area contributed by atoms with Gasteiger partial charge in [-0.1, -0.05) is 25.0 Å². The van der Waals surface area contributed by atoms with Crippen molar-refractivity contribution in [3.8, 4) is 0 Å². The van der Waals surface area contributed by atoms with E-state index in [2.05, 4.69) is 36.0 Å². The van der Waals surface area contributed by atoms with Crippen LogP contribution in [0.4, 0.5) is 0 Å². The monoisotopic (exact) mass is 505 g/mol. The molecule has 2 aliphatic rings. The summed E-state index contributed by atoms with van der Waals surface area (Å²) in [6.07, 6.45) is 6.37. The standard InChI is InChI=1S/C21H39N5O.HI/c1-6-22-20(24-18-9-13-26(14-10-18)15-17(2)3)23-16-21(11-7-8-12-21)19(27)25(4)5;/h18H,2,6-16H2,1,3-5H3,(H2,22,23,24);1H. The lowest BCUT2D eigenvalue weighted by Gasteiger charge is -2.33. The van der Waals surface area contributed by atoms with Crippen LogP contribution in [0.25, 0.3) is 0 Å². The summed E-state index contributed by atoms with van der Waals surface area (Å²) in [6.45, 7) is 12.8. The summed E-state index contributed by atoms with van der Waals surface area (Å²) < 4.78 is 0. The number of piperidine rings is 1. The maximum Gasteiger partial charge on any atom is 0.230 e. The van der Waals surface area contributed by atoms with Gasteiger partial charge in [0.1, 0.15) is 0 Å². The van der Waals surface area contributed by atoms with Crippen LogP contribution in [-0.2, 0) is 4.79 Å². The molecule has 6 nitrogen and oxygen atoms in total. The minimum atomic E-state index is -0.309. The van der Waals surface area contributed by atoms with Gasteiger partial charge in [0.05, 0.1) is 12.0 Å². The van der Waals surface area contributed by atoms with Crippen LogP contribution in [0.5, 0.6) is 0 Å². The average molecular weight is 505 g/mol. The molecule has 162 valence electrons. The van der Waals surface area contributed by atoms with Crippen molar-refractivity contribution in [2.75, 3.05) is 46.8 Å². The number of likely N-dealkylation sites (tertiary alicyclic amines) is 1. The fourth-order valence-electron chi connectivity index (χ4n) is 4.33. The molecule has 1 aliphatic heterocycles. The van der Waals surface area contributed by atoms with E-state index in [1.807, 2.05) is 14.1 Å². The SMILES string of the molecule is C=C(C)CN1CCC(NC(=NCC2(C(=O)N(C)C)CCCC2)NCC)CC1.I. The number of hydrogen-bond acceptors (Lipinski definition) is 3. The van der Waals surface area contributed by atoms with Gasteiger partial charge in [-0.25, -0.2) is 0 Å². The molecule has 28 heavy (non-hydrogen) atoms. The largest absolute Gasteiger partial charge is 0.357 e. The Labute approximate surface area is 188 Å². The van der Waals surface area contributed by atoms with Crippen LogP contribution < -0.4 is 10.6 Å². The first kappa shape index (κ1) is 25.2. The highest BCUT2D eigenvalue weighted by Crippen LogP contribution is 2.39. The Kier molecular flexibility index (Phi) is 10.8. The predicted molar refractivity (Wildman–Crippen MR) is 128 cm³/mol. The summed E-state index contributed by atoms with van der Waals surface area (Å²) in [7, 11) is 3.71. The van der Waals surface area contributed by atoms with Gasteiger partial charge in [-0.05, 0) is 39.5 Å². The summed E-state index contributed by atoms with van der Waals surface area (Å²) in [4.78, 5) is 21.8. The first-order valence-electron chi connectivity index (χ1n) is 10.5. The molecule has 0 aromatic carbocycles. The summed E-state index contributed by atoms with van der Waals surface area (Å²) in [5.74, 6) is 1.08. The van der Waals surface area contributed by atoms with Crippen LogP contribution in [0.15, 0.2) is 17.1 Å². The van der Waals surface area contributed by atoms with Crippen molar-refractivity contribution in [1.29, 1.82) is 0 Å². The number of carbonyl (C=O) groups is 1. The third-order valence-electron chi connectivity index (χ3n) is 5.73. The topological polar surface area (TPSA) is 60.0 Å². The first-order chi connectivity index (χ1) is 12.9. The third-order valence-corrected chi connectivity index (χ3v) is 5.73. The molecular formula is C21H40IN5O. The normalized spacial score (nSPS) is 20.4. The summed E-state index contributed by atoms with van der Waals surface area (Å²) >= 11 is 0. The number of guanidine groups is 1. The zero-order chi connectivity index (χ0) is 19.9. The summed E-state index contributed by atoms with van der Waals surface area (Å²) in [5.41, 5.74) is 0.917. The predicted octanol–water partition coefficient (Wildman–Crippen LogP) is 2.85. The Bertz CT molecular complexity index is 535. The number of aliphatic imine (C=N–C) groups is 1. The smallest absolute Gasteiger partial charge is 0.230 e. The molecule has 0 aromatic rings. The van der Waals surface area contributed by atoms with E-state index in [1.165, 1.54) is 5.57 Å². The molecule has 1 aliphatic carbocycles. The van der Waals surface area contributed by atoms with Crippen LogP contribution in [0.2, 0.25) is 0 Å². The Morgan fingerprint density at radius 1 is 1.25 bits per heavy atom. The number of rotatable bonds is 7. The Balaban J connectivity index is 0.00000392. The lowest BCUT2D eigenvalue weighted by molar-refractivity contribution is -0.138. The number of hydrogen-bond donors (Lipinski definition) is 2. The van der Waals surface area contributed by atoms with Crippen LogP contribution in [-0.4, -0.2) is 74.5 Å². The van der Waals surface area contributed by atoms with Crippen molar-refractivity contribution >= 4 is 35.8 Å². The van der Waals surface area contributed by atoms with Crippen LogP contribution in [0, 0.1) is 5.41 Å². The fraction of sp³-hybridized carbons (Fsp3) is 0.810. The van der Waals surface area contributed by atoms with Gasteiger partial charge in [-0.2, -0.15) is 0 Å². The summed E-state index contributed by atoms with van der Waals surface area (Å²) in [6, 6.07) is 0.438. The zero-order valence-corrected chi connectivity index (χ0v) is 20.6. The fourth-order valence-corrected chi connectivity index (χ4v) is 4.33. The Morgan fingerprint density at radius 2 is 1.86 bits per heavy atom. The van der Waals surface area contributed by atoms with Gasteiger partial charge in [0.25, 0.3) is 0 Å². The molecule has 1 saturated heterocycles. The number of carbonyl (C=O) groups excluding carboxylic acids is 1. The van der Waals surface area contributed by atoms with Crippen molar-refractivity contribution in [3.05, 3.63) is 12.2 Å². The highest BCUT2D eigenvalue weighted by molar-refractivity contribution is 14.0. The Hall–Kier alpha value is -0.830. The minimum absolute atomic E-state index is 0. The van der Waals surface area contributed by atoms with Crippen LogP contribution >= 0.6 is 24.0 Å². The van der Waals surface area contributed by atoms with Crippen molar-refractivity contribution in [3.63, 3.8) is 0 Å². The zero-order valence-electron chi connectivity index (χ0n) is 18.2. The number of halogens is 1. The highest BCUT2D eigenvalue weighted by Gasteiger charge is 2.42. The van der Waals surface area contributed by atoms with E-state index in [1.54, 1.807) is 4.90 Å². The van der Waals surface area contributed by atoms with Gasteiger partial charge in [0, 0.05) is 46.3 Å². The second-order valence-corrected chi connectivity index (χ2v) is 8.53. The second-order valence-electron chi connectivity index (χ2n) is 8.53. The molecule has 2 rings (SSSR count). The van der Waals surface area contributed by atoms with E-state index < -0.39 is 0 Å². The molecule has 0 aromatic heterocycles. The van der Waals surface area contributed by atoms with Gasteiger partial charge >= 0.3 is 0 Å². The lowest BCUT2D eigenvalue weighted by atomic mass is 9.85. The van der Waals surface area contributed by atoms with Gasteiger partial charge in [0.2, 0.25) is 5.91 Å². The van der Waals surface area contributed by atoms with E-state index in [4.69, 9.17) is 4.99 Å². The van der Waals surface area contributed by atoms with Crippen molar-refractivity contribution < 1.29 is 4.79 Å². The average Bonchev–Trinajstić information content (AvgIpc) is 3.10. The molecule has 1 saturated carbocycles. The molecule has 1 heterocycles. The minimum Gasteiger partial charge on any atom is -0.357 e. The lowest BCUT2D eigenvalue weighted by Crippen LogP contribution is -2.49. The van der Waals surface area contributed by atoms with Crippen LogP contribution in [0.1, 0.15) is 52.4 Å². The molecule has 1 amide bonds. The van der Waals surface area contributed by atoms with Gasteiger partial charge in [-0.15, -0.1) is 24.0 Å². The third kappa shape index (κ3) is 7.21. The maximum atomic E-state index is 12.8.